The van der Waals surface area contributed by atoms with Crippen LogP contribution in [-0.4, -0.2) is 107 Å². The topological polar surface area (TPSA) is 277 Å². The lowest BCUT2D eigenvalue weighted by atomic mass is 10.1. The number of aliphatic hydroxyl groups excluding tert-OH is 5. The number of nitrogens with zero attached hydrogens (tertiary/aromatic N) is 1. The average Bonchev–Trinajstić information content (AvgIpc) is 3.21. The number of halogens is 1. The fourth-order valence-corrected chi connectivity index (χ4v) is 5.52. The molecule has 1 aromatic rings. The van der Waals surface area contributed by atoms with Gasteiger partial charge in [-0.25, -0.2) is 18.3 Å². The first-order chi connectivity index (χ1) is 16.7. The number of rotatable bonds is 10. The van der Waals surface area contributed by atoms with Crippen LogP contribution in [0.3, 0.4) is 0 Å². The van der Waals surface area contributed by atoms with Crippen molar-refractivity contribution in [2.45, 2.75) is 55.2 Å². The van der Waals surface area contributed by atoms with Gasteiger partial charge in [0.1, 0.15) is 49.4 Å². The Kier molecular flexibility index (Phi) is 9.02. The van der Waals surface area contributed by atoms with Crippen LogP contribution < -0.4 is 11.2 Å². The SMILES string of the molecule is O=c1ccn([C@@H]2O[C@H](COP(=O)(O)OP(=O)(O)O[C@@H]3O[C@@H]([C@H](O)CF)[C@H](O)[C@H]3O)[C@@H](O)[C@H]2O)c(=O)[nH]1. The number of hydrogen-bond acceptors (Lipinski definition) is 14. The van der Waals surface area contributed by atoms with Gasteiger partial charge < -0.3 is 44.8 Å². The Morgan fingerprint density at radius 3 is 2.33 bits per heavy atom. The van der Waals surface area contributed by atoms with Crippen molar-refractivity contribution in [3.05, 3.63) is 33.1 Å². The monoisotopic (exact) mass is 568 g/mol. The summed E-state index contributed by atoms with van der Waals surface area (Å²) in [7, 11) is -11.1. The van der Waals surface area contributed by atoms with Crippen LogP contribution in [0.2, 0.25) is 0 Å². The molecular weight excluding hydrogens is 545 g/mol. The molecule has 3 rings (SSSR count). The molecule has 0 amide bonds. The third-order valence-corrected chi connectivity index (χ3v) is 7.70. The van der Waals surface area contributed by atoms with Crippen molar-refractivity contribution in [3.8, 4) is 0 Å². The van der Waals surface area contributed by atoms with E-state index in [0.717, 1.165) is 12.3 Å². The van der Waals surface area contributed by atoms with E-state index in [-0.39, 0.29) is 0 Å². The maximum atomic E-state index is 12.6. The van der Waals surface area contributed by atoms with E-state index in [9.17, 15) is 58.4 Å². The highest BCUT2D eigenvalue weighted by Gasteiger charge is 2.51. The second-order valence-corrected chi connectivity index (χ2v) is 10.7. The number of nitrogens with one attached hydrogen (secondary N) is 1. The largest absolute Gasteiger partial charge is 0.483 e. The van der Waals surface area contributed by atoms with E-state index in [1.807, 2.05) is 4.98 Å². The lowest BCUT2D eigenvalue weighted by Gasteiger charge is -2.22. The number of ether oxygens (including phenoxy) is 2. The Balaban J connectivity index is 1.60. The van der Waals surface area contributed by atoms with Crippen LogP contribution in [-0.2, 0) is 32.0 Å². The first-order valence-corrected chi connectivity index (χ1v) is 12.9. The van der Waals surface area contributed by atoms with Crippen LogP contribution in [0, 0.1) is 0 Å². The van der Waals surface area contributed by atoms with Gasteiger partial charge in [0.25, 0.3) is 5.56 Å². The van der Waals surface area contributed by atoms with Gasteiger partial charge in [-0.2, -0.15) is 4.31 Å². The number of alkyl halides is 1. The molecule has 0 radical (unpaired) electrons. The molecule has 0 spiro atoms. The number of phosphoric acid groups is 2. The Morgan fingerprint density at radius 1 is 1.06 bits per heavy atom. The van der Waals surface area contributed by atoms with E-state index in [4.69, 9.17) is 9.47 Å². The van der Waals surface area contributed by atoms with Crippen molar-refractivity contribution in [3.63, 3.8) is 0 Å². The maximum Gasteiger partial charge on any atom is 0.483 e. The number of aliphatic hydroxyl groups is 5. The second kappa shape index (κ2) is 11.1. The minimum Gasteiger partial charge on any atom is -0.388 e. The van der Waals surface area contributed by atoms with E-state index in [0.29, 0.717) is 4.57 Å². The van der Waals surface area contributed by atoms with Crippen molar-refractivity contribution in [1.82, 2.24) is 9.55 Å². The Labute approximate surface area is 199 Å². The number of H-pyrrole nitrogens is 1. The molecule has 2 saturated heterocycles. The van der Waals surface area contributed by atoms with Crippen molar-refractivity contribution < 1.29 is 71.7 Å². The zero-order chi connectivity index (χ0) is 27.0. The molecule has 0 saturated carbocycles. The summed E-state index contributed by atoms with van der Waals surface area (Å²) in [5.74, 6) is 0. The van der Waals surface area contributed by atoms with Crippen LogP contribution in [0.1, 0.15) is 6.23 Å². The van der Waals surface area contributed by atoms with E-state index in [1.165, 1.54) is 0 Å². The summed E-state index contributed by atoms with van der Waals surface area (Å²) in [6.45, 7) is -2.44. The summed E-state index contributed by atoms with van der Waals surface area (Å²) >= 11 is 0. The smallest absolute Gasteiger partial charge is 0.388 e. The highest BCUT2D eigenvalue weighted by Crippen LogP contribution is 2.61. The van der Waals surface area contributed by atoms with E-state index in [1.54, 1.807) is 0 Å². The molecule has 18 nitrogen and oxygen atoms in total. The van der Waals surface area contributed by atoms with Gasteiger partial charge in [-0.1, -0.05) is 0 Å². The number of phosphoric ester groups is 2. The highest BCUT2D eigenvalue weighted by atomic mass is 31.3. The molecule has 0 bridgehead atoms. The zero-order valence-corrected chi connectivity index (χ0v) is 19.6. The molecule has 8 N–H and O–H groups in total. The number of aromatic amines is 1. The summed E-state index contributed by atoms with van der Waals surface area (Å²) < 4.78 is 60.4. The van der Waals surface area contributed by atoms with Gasteiger partial charge in [-0.05, 0) is 0 Å². The van der Waals surface area contributed by atoms with E-state index < -0.39 is 95.4 Å². The average molecular weight is 568 g/mol. The van der Waals surface area contributed by atoms with Crippen LogP contribution in [0.15, 0.2) is 21.9 Å². The van der Waals surface area contributed by atoms with Crippen LogP contribution >= 0.6 is 15.6 Å². The minimum atomic E-state index is -5.59. The Morgan fingerprint density at radius 2 is 1.72 bits per heavy atom. The Hall–Kier alpha value is -1.41. The molecule has 2 fully saturated rings. The van der Waals surface area contributed by atoms with Crippen LogP contribution in [0.5, 0.6) is 0 Å². The minimum absolute atomic E-state index is 0.717. The lowest BCUT2D eigenvalue weighted by Crippen LogP contribution is -2.39. The van der Waals surface area contributed by atoms with Crippen molar-refractivity contribution >= 4 is 15.6 Å². The fraction of sp³-hybridized carbons (Fsp3) is 0.733. The lowest BCUT2D eigenvalue weighted by molar-refractivity contribution is -0.141. The molecule has 0 aromatic carbocycles. The summed E-state index contributed by atoms with van der Waals surface area (Å²) in [4.78, 5) is 44.4. The molecule has 11 atom stereocenters. The molecule has 2 aliphatic heterocycles. The second-order valence-electron chi connectivity index (χ2n) is 7.66. The molecule has 0 aliphatic carbocycles. The van der Waals surface area contributed by atoms with Gasteiger partial charge in [0.2, 0.25) is 0 Å². The number of aromatic nitrogens is 2. The van der Waals surface area contributed by atoms with Crippen molar-refractivity contribution in [2.75, 3.05) is 13.3 Å². The van der Waals surface area contributed by atoms with Gasteiger partial charge in [0.15, 0.2) is 12.5 Å². The standard InChI is InChI=1S/C15H23FN2O16P2/c16-3-5(19)12-9(22)11(24)14(32-12)33-36(28,29)34-35(26,27)30-4-6-8(21)10(23)13(31-6)18-2-1-7(20)17-15(18)25/h1-2,5-6,8-14,19,21-24H,3-4H2,(H,26,27)(H,28,29)(H,17,20,25)/t5-,6-,8-,9-,10-,11-,12+,13-,14+/m1/s1. The molecular formula is C15H23FN2O16P2. The maximum absolute atomic E-state index is 12.6. The summed E-state index contributed by atoms with van der Waals surface area (Å²) in [6.07, 6.45) is -15.7. The number of hydrogen-bond donors (Lipinski definition) is 8. The van der Waals surface area contributed by atoms with Crippen LogP contribution in [0.4, 0.5) is 4.39 Å². The first-order valence-electron chi connectivity index (χ1n) is 9.94. The van der Waals surface area contributed by atoms with Gasteiger partial charge in [0.05, 0.1) is 6.61 Å². The molecule has 2 unspecified atom stereocenters. The van der Waals surface area contributed by atoms with Crippen molar-refractivity contribution in [1.29, 1.82) is 0 Å². The highest BCUT2D eigenvalue weighted by molar-refractivity contribution is 7.61. The van der Waals surface area contributed by atoms with Gasteiger partial charge in [0, 0.05) is 12.3 Å². The normalized spacial score (nSPS) is 36.9. The predicted octanol–water partition coefficient (Wildman–Crippen LogP) is -3.82. The fourth-order valence-electron chi connectivity index (χ4n) is 3.36. The molecule has 3 heterocycles. The quantitative estimate of drug-likeness (QED) is 0.126. The van der Waals surface area contributed by atoms with Crippen LogP contribution in [0.25, 0.3) is 0 Å². The molecule has 2 aliphatic rings. The van der Waals surface area contributed by atoms with Gasteiger partial charge >= 0.3 is 21.3 Å². The first kappa shape index (κ1) is 29.2. The summed E-state index contributed by atoms with van der Waals surface area (Å²) in [6, 6.07) is 0.923. The molecule has 36 heavy (non-hydrogen) atoms. The molecule has 1 aromatic heterocycles. The van der Waals surface area contributed by atoms with Gasteiger partial charge in [-0.3, -0.25) is 23.4 Å². The van der Waals surface area contributed by atoms with Crippen molar-refractivity contribution in [2.24, 2.45) is 0 Å². The third kappa shape index (κ3) is 6.53. The zero-order valence-electron chi connectivity index (χ0n) is 17.8. The third-order valence-electron chi connectivity index (χ3n) is 5.10. The van der Waals surface area contributed by atoms with E-state index >= 15 is 0 Å². The Bertz CT molecular complexity index is 1130. The summed E-state index contributed by atoms with van der Waals surface area (Å²) in [5, 5.41) is 49.1. The predicted molar refractivity (Wildman–Crippen MR) is 108 cm³/mol. The van der Waals surface area contributed by atoms with Gasteiger partial charge in [-0.15, -0.1) is 0 Å². The molecule has 206 valence electrons. The summed E-state index contributed by atoms with van der Waals surface area (Å²) in [5.41, 5.74) is -1.75. The van der Waals surface area contributed by atoms with E-state index in [2.05, 4.69) is 13.4 Å². The molecule has 21 heteroatoms.